The van der Waals surface area contributed by atoms with Gasteiger partial charge in [-0.05, 0) is 31.2 Å². The van der Waals surface area contributed by atoms with Gasteiger partial charge in [0, 0.05) is 17.7 Å². The summed E-state index contributed by atoms with van der Waals surface area (Å²) in [6.07, 6.45) is 0. The number of non-ortho nitro benzene ring substituents is 1. The van der Waals surface area contributed by atoms with Crippen LogP contribution in [0.5, 0.6) is 11.5 Å². The number of anilines is 1. The van der Waals surface area contributed by atoms with E-state index >= 15 is 0 Å². The Bertz CT molecular complexity index is 799. The average Bonchev–Trinajstić information content (AvgIpc) is 2.61. The molecule has 1 N–H and O–H groups in total. The third-order valence-corrected chi connectivity index (χ3v) is 3.61. The first kappa shape index (κ1) is 17.1. The summed E-state index contributed by atoms with van der Waals surface area (Å²) in [7, 11) is 3.15. The Hall–Kier alpha value is -3.27. The van der Waals surface area contributed by atoms with Crippen LogP contribution in [0, 0.1) is 21.4 Å². The molecule has 124 valence electrons. The van der Waals surface area contributed by atoms with E-state index in [1.54, 1.807) is 26.4 Å². The molecule has 1 atom stereocenters. The Morgan fingerprint density at radius 2 is 1.96 bits per heavy atom. The van der Waals surface area contributed by atoms with Crippen LogP contribution in [0.2, 0.25) is 0 Å². The molecule has 0 saturated heterocycles. The summed E-state index contributed by atoms with van der Waals surface area (Å²) in [5.41, 5.74) is 1.45. The van der Waals surface area contributed by atoms with Crippen molar-refractivity contribution in [2.45, 2.75) is 13.0 Å². The van der Waals surface area contributed by atoms with Crippen molar-refractivity contribution in [3.8, 4) is 17.6 Å². The maximum Gasteiger partial charge on any atom is 0.270 e. The highest BCUT2D eigenvalue weighted by atomic mass is 16.6. The van der Waals surface area contributed by atoms with E-state index in [0.717, 1.165) is 5.56 Å². The van der Waals surface area contributed by atoms with E-state index in [9.17, 15) is 15.4 Å². The van der Waals surface area contributed by atoms with Crippen LogP contribution in [-0.2, 0) is 0 Å². The quantitative estimate of drug-likeness (QED) is 0.642. The molecule has 2 aromatic carbocycles. The van der Waals surface area contributed by atoms with Gasteiger partial charge in [0.15, 0.2) is 0 Å². The van der Waals surface area contributed by atoms with E-state index in [-0.39, 0.29) is 17.3 Å². The zero-order valence-corrected chi connectivity index (χ0v) is 13.6. The van der Waals surface area contributed by atoms with Crippen LogP contribution >= 0.6 is 0 Å². The van der Waals surface area contributed by atoms with Crippen molar-refractivity contribution in [2.75, 3.05) is 19.5 Å². The summed E-state index contributed by atoms with van der Waals surface area (Å²) in [5, 5.41) is 23.2. The molecule has 0 aliphatic rings. The summed E-state index contributed by atoms with van der Waals surface area (Å²) in [6.45, 7) is 1.90. The Kier molecular flexibility index (Phi) is 5.22. The molecule has 0 fully saturated rings. The van der Waals surface area contributed by atoms with Crippen LogP contribution < -0.4 is 14.8 Å². The first-order chi connectivity index (χ1) is 11.5. The lowest BCUT2D eigenvalue weighted by Crippen LogP contribution is -2.09. The number of hydrogen-bond donors (Lipinski definition) is 1. The fourth-order valence-corrected chi connectivity index (χ4v) is 2.35. The van der Waals surface area contributed by atoms with E-state index in [0.29, 0.717) is 17.2 Å². The first-order valence-corrected chi connectivity index (χ1v) is 7.17. The smallest absolute Gasteiger partial charge is 0.270 e. The molecule has 0 heterocycles. The van der Waals surface area contributed by atoms with Gasteiger partial charge in [-0.3, -0.25) is 10.1 Å². The maximum absolute atomic E-state index is 10.8. The van der Waals surface area contributed by atoms with Gasteiger partial charge < -0.3 is 14.8 Å². The van der Waals surface area contributed by atoms with Crippen LogP contribution in [0.25, 0.3) is 0 Å². The van der Waals surface area contributed by atoms with Gasteiger partial charge in [-0.25, -0.2) is 0 Å². The number of hydrogen-bond acceptors (Lipinski definition) is 6. The van der Waals surface area contributed by atoms with Gasteiger partial charge in [-0.2, -0.15) is 5.26 Å². The minimum Gasteiger partial charge on any atom is -0.497 e. The Balaban J connectivity index is 2.35. The van der Waals surface area contributed by atoms with E-state index in [1.807, 2.05) is 19.1 Å². The van der Waals surface area contributed by atoms with Crippen molar-refractivity contribution in [3.05, 3.63) is 57.6 Å². The van der Waals surface area contributed by atoms with Gasteiger partial charge >= 0.3 is 0 Å². The molecule has 7 nitrogen and oxygen atoms in total. The van der Waals surface area contributed by atoms with Gasteiger partial charge in [0.1, 0.15) is 17.6 Å². The van der Waals surface area contributed by atoms with Crippen LogP contribution in [0.15, 0.2) is 36.4 Å². The number of nitro benzene ring substituents is 1. The summed E-state index contributed by atoms with van der Waals surface area (Å²) >= 11 is 0. The zero-order chi connectivity index (χ0) is 17.7. The average molecular weight is 327 g/mol. The van der Waals surface area contributed by atoms with Gasteiger partial charge in [0.05, 0.1) is 36.4 Å². The number of nitriles is 1. The third-order valence-electron chi connectivity index (χ3n) is 3.61. The molecule has 0 aliphatic carbocycles. The summed E-state index contributed by atoms with van der Waals surface area (Å²) in [4.78, 5) is 10.3. The largest absolute Gasteiger partial charge is 0.497 e. The third kappa shape index (κ3) is 3.55. The Morgan fingerprint density at radius 1 is 1.21 bits per heavy atom. The number of ether oxygens (including phenoxy) is 2. The lowest BCUT2D eigenvalue weighted by Gasteiger charge is -2.19. The lowest BCUT2D eigenvalue weighted by atomic mass is 10.1. The van der Waals surface area contributed by atoms with Crippen molar-refractivity contribution in [2.24, 2.45) is 0 Å². The molecule has 0 amide bonds. The number of rotatable bonds is 6. The van der Waals surface area contributed by atoms with E-state index in [1.165, 1.54) is 18.2 Å². The van der Waals surface area contributed by atoms with Crippen molar-refractivity contribution in [1.82, 2.24) is 0 Å². The summed E-state index contributed by atoms with van der Waals surface area (Å²) in [6, 6.07) is 11.3. The summed E-state index contributed by atoms with van der Waals surface area (Å²) in [5.74, 6) is 1.36. The molecule has 24 heavy (non-hydrogen) atoms. The second-order valence-corrected chi connectivity index (χ2v) is 5.07. The molecule has 0 aromatic heterocycles. The zero-order valence-electron chi connectivity index (χ0n) is 13.6. The highest BCUT2D eigenvalue weighted by molar-refractivity contribution is 5.62. The van der Waals surface area contributed by atoms with Crippen molar-refractivity contribution < 1.29 is 14.4 Å². The molecule has 7 heteroatoms. The van der Waals surface area contributed by atoms with E-state index in [2.05, 4.69) is 5.32 Å². The molecule has 0 aliphatic heterocycles. The predicted molar refractivity (Wildman–Crippen MR) is 89.4 cm³/mol. The minimum absolute atomic E-state index is 0.122. The van der Waals surface area contributed by atoms with Gasteiger partial charge in [0.25, 0.3) is 5.69 Å². The predicted octanol–water partition coefficient (Wildman–Crippen LogP) is 3.66. The van der Waals surface area contributed by atoms with Gasteiger partial charge in [0.2, 0.25) is 0 Å². The normalized spacial score (nSPS) is 11.2. The van der Waals surface area contributed by atoms with Crippen molar-refractivity contribution in [3.63, 3.8) is 0 Å². The SMILES string of the molecule is COc1ccc(OC)c([C@@H](C)Nc2ccc([N+](=O)[O-])cc2C#N)c1. The van der Waals surface area contributed by atoms with Crippen LogP contribution in [0.3, 0.4) is 0 Å². The molecular weight excluding hydrogens is 310 g/mol. The van der Waals surface area contributed by atoms with Crippen LogP contribution in [-0.4, -0.2) is 19.1 Å². The van der Waals surface area contributed by atoms with Crippen LogP contribution in [0.4, 0.5) is 11.4 Å². The van der Waals surface area contributed by atoms with E-state index < -0.39 is 4.92 Å². The molecule has 2 aromatic rings. The number of nitrogens with one attached hydrogen (secondary N) is 1. The fraction of sp³-hybridized carbons (Fsp3) is 0.235. The van der Waals surface area contributed by atoms with Gasteiger partial charge in [-0.1, -0.05) is 0 Å². The lowest BCUT2D eigenvalue weighted by molar-refractivity contribution is -0.384. The van der Waals surface area contributed by atoms with Gasteiger partial charge in [-0.15, -0.1) is 0 Å². The minimum atomic E-state index is -0.529. The van der Waals surface area contributed by atoms with Crippen LogP contribution in [0.1, 0.15) is 24.1 Å². The second kappa shape index (κ2) is 7.33. The molecular formula is C17H17N3O4. The standard InChI is InChI=1S/C17H17N3O4/c1-11(15-9-14(23-2)5-7-17(15)24-3)19-16-6-4-13(20(21)22)8-12(16)10-18/h4-9,11,19H,1-3H3/t11-/m1/s1. The molecule has 0 bridgehead atoms. The number of nitrogens with zero attached hydrogens (tertiary/aromatic N) is 2. The first-order valence-electron chi connectivity index (χ1n) is 7.17. The molecule has 0 unspecified atom stereocenters. The molecule has 2 rings (SSSR count). The Labute approximate surface area is 139 Å². The maximum atomic E-state index is 10.8. The molecule has 0 saturated carbocycles. The molecule has 0 spiro atoms. The number of methoxy groups -OCH3 is 2. The topological polar surface area (TPSA) is 97.4 Å². The summed E-state index contributed by atoms with van der Waals surface area (Å²) < 4.78 is 10.6. The Morgan fingerprint density at radius 3 is 2.54 bits per heavy atom. The fourth-order valence-electron chi connectivity index (χ4n) is 2.35. The van der Waals surface area contributed by atoms with Crippen molar-refractivity contribution in [1.29, 1.82) is 5.26 Å². The number of nitro groups is 1. The molecule has 0 radical (unpaired) electrons. The van der Waals surface area contributed by atoms with E-state index in [4.69, 9.17) is 9.47 Å². The highest BCUT2D eigenvalue weighted by Gasteiger charge is 2.16. The number of benzene rings is 2. The highest BCUT2D eigenvalue weighted by Crippen LogP contribution is 2.32. The second-order valence-electron chi connectivity index (χ2n) is 5.07. The monoisotopic (exact) mass is 327 g/mol. The van der Waals surface area contributed by atoms with Crippen molar-refractivity contribution >= 4 is 11.4 Å².